The highest BCUT2D eigenvalue weighted by atomic mass is 19.3. The Hall–Kier alpha value is -2.74. The Morgan fingerprint density at radius 2 is 2.00 bits per heavy atom. The molecule has 170 valence electrons. The van der Waals surface area contributed by atoms with Gasteiger partial charge in [0.15, 0.2) is 11.6 Å². The Bertz CT molecular complexity index is 1030. The van der Waals surface area contributed by atoms with Gasteiger partial charge in [-0.3, -0.25) is 4.79 Å². The van der Waals surface area contributed by atoms with Crippen molar-refractivity contribution in [3.8, 4) is 11.5 Å². The summed E-state index contributed by atoms with van der Waals surface area (Å²) in [4.78, 5) is 15.0. The molecular weight excluding hydrogens is 423 g/mol. The van der Waals surface area contributed by atoms with Crippen LogP contribution < -0.4 is 9.47 Å². The highest BCUT2D eigenvalue weighted by molar-refractivity contribution is 6.00. The number of carbonyl (C=O) groups is 1. The summed E-state index contributed by atoms with van der Waals surface area (Å²) in [6, 6.07) is 11.0. The molecule has 3 atom stereocenters. The summed E-state index contributed by atoms with van der Waals surface area (Å²) < 4.78 is 58.8. The van der Waals surface area contributed by atoms with Crippen molar-refractivity contribution in [2.75, 3.05) is 19.8 Å². The zero-order valence-electron chi connectivity index (χ0n) is 17.7. The fraction of sp³-hybridized carbons (Fsp3) is 0.458. The average Bonchev–Trinajstić information content (AvgIpc) is 3.23. The van der Waals surface area contributed by atoms with Crippen LogP contribution in [0, 0.1) is 18.7 Å². The number of carbonyl (C=O) groups excluding carboxylic acids is 1. The van der Waals surface area contributed by atoms with Crippen molar-refractivity contribution in [2.24, 2.45) is 5.92 Å². The third-order valence-electron chi connectivity index (χ3n) is 6.36. The second-order valence-electron chi connectivity index (χ2n) is 8.76. The van der Waals surface area contributed by atoms with Crippen LogP contribution in [0.1, 0.15) is 34.3 Å². The van der Waals surface area contributed by atoms with Crippen LogP contribution >= 0.6 is 0 Å². The van der Waals surface area contributed by atoms with Crippen molar-refractivity contribution in [1.82, 2.24) is 4.90 Å². The molecule has 5 nitrogen and oxygen atoms in total. The molecule has 0 bridgehead atoms. The lowest BCUT2D eigenvalue weighted by atomic mass is 10.1. The van der Waals surface area contributed by atoms with Gasteiger partial charge in [-0.05, 0) is 30.5 Å². The number of rotatable bonds is 6. The topological polar surface area (TPSA) is 48.0 Å². The lowest BCUT2D eigenvalue weighted by Gasteiger charge is -2.21. The summed E-state index contributed by atoms with van der Waals surface area (Å²) in [5, 5.41) is 0. The molecule has 0 radical (unpaired) electrons. The Morgan fingerprint density at radius 3 is 2.72 bits per heavy atom. The first-order chi connectivity index (χ1) is 15.3. The number of ether oxygens (including phenoxy) is 3. The van der Waals surface area contributed by atoms with E-state index in [2.05, 4.69) is 0 Å². The smallest absolute Gasteiger partial charge is 0.261 e. The molecule has 2 aromatic rings. The van der Waals surface area contributed by atoms with Crippen molar-refractivity contribution < 1.29 is 32.2 Å². The fourth-order valence-corrected chi connectivity index (χ4v) is 4.34. The molecule has 0 spiro atoms. The summed E-state index contributed by atoms with van der Waals surface area (Å²) >= 11 is 0. The van der Waals surface area contributed by atoms with E-state index >= 15 is 0 Å². The van der Waals surface area contributed by atoms with Gasteiger partial charge < -0.3 is 19.1 Å². The molecule has 2 fully saturated rings. The largest absolute Gasteiger partial charge is 0.490 e. The third-order valence-corrected chi connectivity index (χ3v) is 6.36. The van der Waals surface area contributed by atoms with Gasteiger partial charge in [0.25, 0.3) is 11.8 Å². The van der Waals surface area contributed by atoms with E-state index in [4.69, 9.17) is 14.2 Å². The zero-order chi connectivity index (χ0) is 22.5. The van der Waals surface area contributed by atoms with Gasteiger partial charge >= 0.3 is 0 Å². The Balaban J connectivity index is 1.35. The predicted octanol–water partition coefficient (Wildman–Crippen LogP) is 4.36. The molecule has 5 rings (SSSR count). The van der Waals surface area contributed by atoms with Crippen LogP contribution in [-0.2, 0) is 11.3 Å². The van der Waals surface area contributed by atoms with Crippen LogP contribution in [0.4, 0.5) is 13.2 Å². The maximum Gasteiger partial charge on any atom is 0.261 e. The summed E-state index contributed by atoms with van der Waals surface area (Å²) in [6.07, 6.45) is 0.124. The van der Waals surface area contributed by atoms with Crippen molar-refractivity contribution >= 4 is 5.91 Å². The average molecular weight is 447 g/mol. The predicted molar refractivity (Wildman–Crippen MR) is 110 cm³/mol. The molecule has 1 amide bonds. The van der Waals surface area contributed by atoms with Crippen LogP contribution in [0.3, 0.4) is 0 Å². The molecule has 1 unspecified atom stereocenters. The highest BCUT2D eigenvalue weighted by Crippen LogP contribution is 2.49. The standard InChI is InChI=1S/C24H24F3NO4/c1-14-7-19-20(22(21(14)25)32-12-16-9-24(16,26)27)23(29)28-10-18(8-17(28)13-31-19)30-11-15-5-3-2-4-6-15/h2-7,16-18H,8-13H2,1H3/t16?,17-,18+/m1/s1. The fourth-order valence-electron chi connectivity index (χ4n) is 4.34. The van der Waals surface area contributed by atoms with Gasteiger partial charge in [-0.25, -0.2) is 13.2 Å². The highest BCUT2D eigenvalue weighted by Gasteiger charge is 2.57. The molecule has 1 aliphatic carbocycles. The molecular formula is C24H24F3NO4. The normalized spacial score (nSPS) is 25.6. The first kappa shape index (κ1) is 21.1. The first-order valence-corrected chi connectivity index (χ1v) is 10.8. The van der Waals surface area contributed by atoms with E-state index in [1.54, 1.807) is 4.90 Å². The molecule has 32 heavy (non-hydrogen) atoms. The number of fused-ring (bicyclic) bond motifs is 2. The summed E-state index contributed by atoms with van der Waals surface area (Å²) in [6.45, 7) is 2.19. The van der Waals surface area contributed by atoms with Gasteiger partial charge in [0.05, 0.1) is 31.3 Å². The summed E-state index contributed by atoms with van der Waals surface area (Å²) in [5.74, 6) is -4.98. The number of alkyl halides is 2. The SMILES string of the molecule is Cc1cc2c(c(OCC3CC3(F)F)c1F)C(=O)N1C[C@@H](OCc3ccccc3)C[C@@H]1CO2. The molecule has 1 saturated heterocycles. The number of amides is 1. The second-order valence-corrected chi connectivity index (χ2v) is 8.76. The maximum absolute atomic E-state index is 14.9. The van der Waals surface area contributed by atoms with Crippen LogP contribution in [0.5, 0.6) is 11.5 Å². The first-order valence-electron chi connectivity index (χ1n) is 10.8. The lowest BCUT2D eigenvalue weighted by molar-refractivity contribution is 0.0435. The van der Waals surface area contributed by atoms with E-state index < -0.39 is 23.6 Å². The number of benzene rings is 2. The van der Waals surface area contributed by atoms with Gasteiger partial charge in [0.2, 0.25) is 0 Å². The van der Waals surface area contributed by atoms with Crippen LogP contribution in [0.25, 0.3) is 0 Å². The lowest BCUT2D eigenvalue weighted by Crippen LogP contribution is -2.37. The van der Waals surface area contributed by atoms with Crippen molar-refractivity contribution in [3.05, 3.63) is 58.9 Å². The Labute approximate surface area is 184 Å². The van der Waals surface area contributed by atoms with Crippen molar-refractivity contribution in [2.45, 2.75) is 44.4 Å². The summed E-state index contributed by atoms with van der Waals surface area (Å²) in [5.41, 5.74) is 1.23. The summed E-state index contributed by atoms with van der Waals surface area (Å²) in [7, 11) is 0. The molecule has 3 aliphatic rings. The molecule has 0 N–H and O–H groups in total. The maximum atomic E-state index is 14.9. The van der Waals surface area contributed by atoms with E-state index in [0.29, 0.717) is 19.6 Å². The quantitative estimate of drug-likeness (QED) is 0.660. The van der Waals surface area contributed by atoms with Gasteiger partial charge in [-0.2, -0.15) is 0 Å². The molecule has 2 aliphatic heterocycles. The van der Waals surface area contributed by atoms with E-state index in [9.17, 15) is 18.0 Å². The molecule has 2 aromatic carbocycles. The van der Waals surface area contributed by atoms with Gasteiger partial charge in [0.1, 0.15) is 17.9 Å². The van der Waals surface area contributed by atoms with Crippen LogP contribution in [-0.4, -0.2) is 48.6 Å². The Kier molecular flexibility index (Phi) is 5.28. The zero-order valence-corrected chi connectivity index (χ0v) is 17.7. The van der Waals surface area contributed by atoms with E-state index in [-0.39, 0.29) is 54.4 Å². The van der Waals surface area contributed by atoms with Crippen LogP contribution in [0.15, 0.2) is 36.4 Å². The molecule has 1 saturated carbocycles. The number of hydrogen-bond acceptors (Lipinski definition) is 4. The minimum Gasteiger partial charge on any atom is -0.490 e. The van der Waals surface area contributed by atoms with E-state index in [1.165, 1.54) is 13.0 Å². The molecule has 2 heterocycles. The number of nitrogens with zero attached hydrogens (tertiary/aromatic N) is 1. The van der Waals surface area contributed by atoms with Gasteiger partial charge in [-0.15, -0.1) is 0 Å². The third kappa shape index (κ3) is 3.92. The molecule has 8 heteroatoms. The van der Waals surface area contributed by atoms with E-state index in [0.717, 1.165) is 5.56 Å². The van der Waals surface area contributed by atoms with Gasteiger partial charge in [-0.1, -0.05) is 30.3 Å². The number of hydrogen-bond donors (Lipinski definition) is 0. The molecule has 0 aromatic heterocycles. The van der Waals surface area contributed by atoms with Crippen molar-refractivity contribution in [3.63, 3.8) is 0 Å². The minimum atomic E-state index is -2.79. The monoisotopic (exact) mass is 447 g/mol. The van der Waals surface area contributed by atoms with Crippen LogP contribution in [0.2, 0.25) is 0 Å². The minimum absolute atomic E-state index is 0.0386. The number of halogens is 3. The van der Waals surface area contributed by atoms with Crippen molar-refractivity contribution in [1.29, 1.82) is 0 Å². The number of aryl methyl sites for hydroxylation is 1. The van der Waals surface area contributed by atoms with Gasteiger partial charge in [0, 0.05) is 13.0 Å². The second kappa shape index (κ2) is 7.99. The van der Waals surface area contributed by atoms with E-state index in [1.807, 2.05) is 30.3 Å². The Morgan fingerprint density at radius 1 is 1.25 bits per heavy atom.